The monoisotopic (exact) mass is 823 g/mol. The van der Waals surface area contributed by atoms with Crippen molar-refractivity contribution >= 4 is 40.1 Å². The molecule has 1 amide bonds. The first-order chi connectivity index (χ1) is 26.1. The summed E-state index contributed by atoms with van der Waals surface area (Å²) in [5.41, 5.74) is 8.73. The summed E-state index contributed by atoms with van der Waals surface area (Å²) in [5.74, 6) is 3.04. The molecule has 5 aromatic rings. The molecule has 0 unspecified atom stereocenters. The lowest BCUT2D eigenvalue weighted by molar-refractivity contribution is -0.127. The number of ether oxygens (including phenoxy) is 3. The molecule has 0 spiro atoms. The number of amides is 1. The number of hydrogen-bond donors (Lipinski definition) is 0. The van der Waals surface area contributed by atoms with Crippen LogP contribution in [0, 0.1) is 13.8 Å². The molecule has 288 valence electrons. The van der Waals surface area contributed by atoms with Crippen LogP contribution in [0.4, 0.5) is 0 Å². The Morgan fingerprint density at radius 2 is 1.47 bits per heavy atom. The summed E-state index contributed by atoms with van der Waals surface area (Å²) in [5, 5.41) is 0.453. The van der Waals surface area contributed by atoms with Crippen LogP contribution in [-0.2, 0) is 24.4 Å². The van der Waals surface area contributed by atoms with Gasteiger partial charge in [-0.1, -0.05) is 91.7 Å². The second-order valence-electron chi connectivity index (χ2n) is 14.4. The third-order valence-electron chi connectivity index (χ3n) is 9.79. The fourth-order valence-electron chi connectivity index (χ4n) is 6.35. The molecule has 1 aromatic heterocycles. The minimum Gasteiger partial charge on any atom is -0.493 e. The molecule has 0 aliphatic carbocycles. The molecular weight excluding hydrogens is 774 g/mol. The van der Waals surface area contributed by atoms with Crippen molar-refractivity contribution in [3.05, 3.63) is 153 Å². The maximum absolute atomic E-state index is 13.3. The lowest BCUT2D eigenvalue weighted by atomic mass is 10.0. The maximum Gasteiger partial charge on any atom is 0.246 e. The van der Waals surface area contributed by atoms with Crippen molar-refractivity contribution in [3.8, 4) is 23.1 Å². The van der Waals surface area contributed by atoms with Crippen molar-refractivity contribution in [2.45, 2.75) is 60.1 Å². The minimum absolute atomic E-state index is 0. The van der Waals surface area contributed by atoms with E-state index in [9.17, 15) is 4.79 Å². The normalized spacial score (nSPS) is 13.4. The molecule has 1 fully saturated rings. The summed E-state index contributed by atoms with van der Waals surface area (Å²) in [4.78, 5) is 22.0. The van der Waals surface area contributed by atoms with Crippen LogP contribution in [-0.4, -0.2) is 53.5 Å². The van der Waals surface area contributed by atoms with Gasteiger partial charge >= 0.3 is 0 Å². The van der Waals surface area contributed by atoms with Gasteiger partial charge in [0.05, 0.1) is 17.8 Å². The number of piperazine rings is 1. The molecule has 6 rings (SSSR count). The Labute approximate surface area is 341 Å². The highest BCUT2D eigenvalue weighted by atomic mass is 79.9. The van der Waals surface area contributed by atoms with Crippen LogP contribution in [0.15, 0.2) is 109 Å². The summed E-state index contributed by atoms with van der Waals surface area (Å²) in [6, 6.07) is 32.8. The average molecular weight is 825 g/mol. The summed E-state index contributed by atoms with van der Waals surface area (Å²) in [7, 11) is 0. The number of aromatic nitrogens is 1. The molecule has 0 saturated carbocycles. The number of hydrogen-bond acceptors (Lipinski definition) is 6. The highest BCUT2D eigenvalue weighted by Gasteiger charge is 2.21. The van der Waals surface area contributed by atoms with Crippen LogP contribution >= 0.6 is 28.6 Å². The van der Waals surface area contributed by atoms with Crippen molar-refractivity contribution in [2.75, 3.05) is 32.8 Å². The first-order valence-corrected chi connectivity index (χ1v) is 19.1. The van der Waals surface area contributed by atoms with Gasteiger partial charge in [0.25, 0.3) is 0 Å². The van der Waals surface area contributed by atoms with Gasteiger partial charge in [-0.05, 0) is 96.0 Å². The van der Waals surface area contributed by atoms with Gasteiger partial charge in [-0.2, -0.15) is 0 Å². The Hall–Kier alpha value is -4.63. The smallest absolute Gasteiger partial charge is 0.246 e. The molecule has 55 heavy (non-hydrogen) atoms. The number of rotatable bonds is 14. The van der Waals surface area contributed by atoms with Crippen molar-refractivity contribution in [1.82, 2.24) is 14.8 Å². The molecule has 1 aliphatic heterocycles. The van der Waals surface area contributed by atoms with Crippen molar-refractivity contribution in [3.63, 3.8) is 0 Å². The van der Waals surface area contributed by atoms with E-state index in [0.717, 1.165) is 54.1 Å². The predicted octanol–water partition coefficient (Wildman–Crippen LogP) is 10.8. The third kappa shape index (κ3) is 11.9. The topological polar surface area (TPSA) is 64.1 Å². The van der Waals surface area contributed by atoms with Crippen LogP contribution < -0.4 is 14.2 Å². The lowest BCUT2D eigenvalue weighted by Crippen LogP contribution is -2.47. The number of nitrogens with zero attached hydrogens (tertiary/aromatic N) is 3. The zero-order valence-electron chi connectivity index (χ0n) is 32.4. The molecular formula is C46H51BrClN3O4. The van der Waals surface area contributed by atoms with Crippen LogP contribution in [0.1, 0.15) is 65.6 Å². The largest absolute Gasteiger partial charge is 0.493 e. The van der Waals surface area contributed by atoms with E-state index in [0.29, 0.717) is 54.6 Å². The van der Waals surface area contributed by atoms with E-state index in [-0.39, 0.29) is 22.9 Å². The molecule has 0 atom stereocenters. The number of carbonyl (C=O) groups is 1. The van der Waals surface area contributed by atoms with Gasteiger partial charge in [0.1, 0.15) is 18.1 Å². The zero-order valence-corrected chi connectivity index (χ0v) is 34.9. The Kier molecular flexibility index (Phi) is 15.0. The highest BCUT2D eigenvalue weighted by molar-refractivity contribution is 8.93. The highest BCUT2D eigenvalue weighted by Crippen LogP contribution is 2.35. The van der Waals surface area contributed by atoms with Gasteiger partial charge in [-0.25, -0.2) is 4.98 Å². The fraction of sp³-hybridized carbons (Fsp3) is 0.304. The van der Waals surface area contributed by atoms with Gasteiger partial charge in [0, 0.05) is 51.3 Å². The second kappa shape index (κ2) is 19.8. The maximum atomic E-state index is 13.3. The molecule has 4 aromatic carbocycles. The number of allylic oxidation sites excluding steroid dienone is 1. The van der Waals surface area contributed by atoms with Gasteiger partial charge < -0.3 is 19.1 Å². The van der Waals surface area contributed by atoms with E-state index in [1.54, 1.807) is 18.3 Å². The summed E-state index contributed by atoms with van der Waals surface area (Å²) >= 11 is 6.71. The standard InChI is InChI=1S/C46H50ClN3O4.BrH/c1-32(2)39-14-16-41(17-15-39)52-25-20-36-10-12-37(13-11-36)30-49-21-23-50(24-22-49)45(51)27-34(4)40-26-35(5)46(43(47)28-40)54-44-19-18-42(29-48-44)53-31-38-8-6-33(3)7-9-38;/h6-19,26-29,32H,20-25,30-31H2,1-5H3;1H/b34-27-;. The molecule has 0 bridgehead atoms. The Morgan fingerprint density at radius 1 is 0.818 bits per heavy atom. The van der Waals surface area contributed by atoms with Gasteiger partial charge in [-0.15, -0.1) is 17.0 Å². The molecule has 9 heteroatoms. The number of aryl methyl sites for hydroxylation is 2. The SMILES string of the molecule is Br.C/C(=C/C(=O)N1CCN(Cc2ccc(CCOc3ccc(C(C)C)cc3)cc2)CC1)c1cc(C)c(Oc2ccc(OCc3ccc(C)cc3)cn2)c(Cl)c1. The van der Waals surface area contributed by atoms with Crippen molar-refractivity contribution in [2.24, 2.45) is 0 Å². The first-order valence-electron chi connectivity index (χ1n) is 18.7. The number of benzene rings is 4. The van der Waals surface area contributed by atoms with E-state index in [2.05, 4.69) is 103 Å². The Bertz CT molecular complexity index is 2000. The average Bonchev–Trinajstić information content (AvgIpc) is 3.17. The van der Waals surface area contributed by atoms with E-state index in [1.165, 1.54) is 22.3 Å². The summed E-state index contributed by atoms with van der Waals surface area (Å²) < 4.78 is 17.9. The third-order valence-corrected chi connectivity index (χ3v) is 10.1. The lowest BCUT2D eigenvalue weighted by Gasteiger charge is -2.34. The van der Waals surface area contributed by atoms with Crippen molar-refractivity contribution in [1.29, 1.82) is 0 Å². The molecule has 1 saturated heterocycles. The van der Waals surface area contributed by atoms with Crippen LogP contribution in [0.3, 0.4) is 0 Å². The summed E-state index contributed by atoms with van der Waals surface area (Å²) in [6.45, 7) is 15.3. The Morgan fingerprint density at radius 3 is 2.11 bits per heavy atom. The second-order valence-corrected chi connectivity index (χ2v) is 14.8. The van der Waals surface area contributed by atoms with E-state index in [4.69, 9.17) is 25.8 Å². The van der Waals surface area contributed by atoms with E-state index in [1.807, 2.05) is 36.9 Å². The number of carbonyl (C=O) groups excluding carboxylic acids is 1. The quantitative estimate of drug-likeness (QED) is 0.104. The molecule has 0 N–H and O–H groups in total. The number of pyridine rings is 1. The fourth-order valence-corrected chi connectivity index (χ4v) is 6.65. The molecule has 1 aliphatic rings. The van der Waals surface area contributed by atoms with E-state index >= 15 is 0 Å². The van der Waals surface area contributed by atoms with Crippen LogP contribution in [0.2, 0.25) is 5.02 Å². The molecule has 2 heterocycles. The van der Waals surface area contributed by atoms with Crippen LogP contribution in [0.5, 0.6) is 23.1 Å². The van der Waals surface area contributed by atoms with Crippen molar-refractivity contribution < 1.29 is 19.0 Å². The minimum atomic E-state index is 0. The number of halogens is 2. The summed E-state index contributed by atoms with van der Waals surface area (Å²) in [6.07, 6.45) is 4.21. The van der Waals surface area contributed by atoms with Gasteiger partial charge in [0.15, 0.2) is 5.75 Å². The van der Waals surface area contributed by atoms with Gasteiger partial charge in [0.2, 0.25) is 11.8 Å². The Balaban J connectivity index is 0.00000580. The van der Waals surface area contributed by atoms with Crippen LogP contribution in [0.25, 0.3) is 5.57 Å². The van der Waals surface area contributed by atoms with Gasteiger partial charge in [-0.3, -0.25) is 9.69 Å². The van der Waals surface area contributed by atoms with E-state index < -0.39 is 0 Å². The molecule has 7 nitrogen and oxygen atoms in total. The first kappa shape index (κ1) is 41.5. The zero-order chi connectivity index (χ0) is 38.0. The molecule has 0 radical (unpaired) electrons. The predicted molar refractivity (Wildman–Crippen MR) is 228 cm³/mol.